The molecule has 2 aromatic rings. The predicted octanol–water partition coefficient (Wildman–Crippen LogP) is -0.0449. The first-order chi connectivity index (χ1) is 15.9. The highest BCUT2D eigenvalue weighted by atomic mass is 32.2. The average Bonchev–Trinajstić information content (AvgIpc) is 3.23. The number of aromatic nitrogens is 4. The Labute approximate surface area is 195 Å². The van der Waals surface area contributed by atoms with Crippen molar-refractivity contribution in [3.63, 3.8) is 0 Å². The van der Waals surface area contributed by atoms with Gasteiger partial charge in [-0.1, -0.05) is 42.1 Å². The maximum Gasteiger partial charge on any atom is 0.352 e. The summed E-state index contributed by atoms with van der Waals surface area (Å²) in [4.78, 5) is 49.7. The molecule has 1 fully saturated rings. The smallest absolute Gasteiger partial charge is 0.352 e. The summed E-state index contributed by atoms with van der Waals surface area (Å²) in [5, 5.41) is 23.4. The van der Waals surface area contributed by atoms with Crippen LogP contribution in [0, 0.1) is 0 Å². The fourth-order valence-corrected chi connectivity index (χ4v) is 5.83. The van der Waals surface area contributed by atoms with Gasteiger partial charge in [0.05, 0.1) is 0 Å². The normalized spacial score (nSPS) is 20.5. The summed E-state index contributed by atoms with van der Waals surface area (Å²) >= 11 is 2.61. The van der Waals surface area contributed by atoms with Crippen LogP contribution in [0.1, 0.15) is 11.7 Å². The summed E-state index contributed by atoms with van der Waals surface area (Å²) in [5.41, 5.74) is 0.910. The monoisotopic (exact) mass is 490 g/mol. The third kappa shape index (κ3) is 4.43. The summed E-state index contributed by atoms with van der Waals surface area (Å²) in [7, 11) is 1.67. The van der Waals surface area contributed by atoms with E-state index in [1.165, 1.54) is 33.1 Å². The standard InChI is InChI=1S/C19H18N6O6S2/c1-24-19(21-22-23-24)33-8-11-7-32-17-12(16(28)25(17)13(11)18(29)30)20-15(27)14(31-9-26)10-5-3-2-4-6-10/h2-6,9,12,14,17H,7-8H2,1H3,(H,20,27)(H,29,30)/t12-,14+,17+/m0/s1. The van der Waals surface area contributed by atoms with E-state index in [-0.39, 0.29) is 12.2 Å². The van der Waals surface area contributed by atoms with Crippen molar-refractivity contribution in [2.24, 2.45) is 7.05 Å². The number of carbonyl (C=O) groups is 4. The summed E-state index contributed by atoms with van der Waals surface area (Å²) in [6, 6.07) is 7.45. The van der Waals surface area contributed by atoms with Crippen molar-refractivity contribution in [2.75, 3.05) is 11.5 Å². The van der Waals surface area contributed by atoms with E-state index >= 15 is 0 Å². The second-order valence-corrected chi connectivity index (χ2v) is 9.10. The molecule has 14 heteroatoms. The lowest BCUT2D eigenvalue weighted by atomic mass is 10.0. The number of β-lactam (4-membered cyclic amide) rings is 1. The molecular weight excluding hydrogens is 472 g/mol. The number of aryl methyl sites for hydroxylation is 1. The van der Waals surface area contributed by atoms with Gasteiger partial charge in [0.25, 0.3) is 18.3 Å². The molecule has 0 bridgehead atoms. The van der Waals surface area contributed by atoms with E-state index in [1.807, 2.05) is 0 Å². The molecule has 2 amide bonds. The number of carboxylic acid groups (broad SMARTS) is 1. The number of hydrogen-bond acceptors (Lipinski definition) is 10. The molecule has 0 radical (unpaired) electrons. The van der Waals surface area contributed by atoms with Crippen LogP contribution >= 0.6 is 23.5 Å². The van der Waals surface area contributed by atoms with Gasteiger partial charge in [0.2, 0.25) is 11.3 Å². The second kappa shape index (κ2) is 9.62. The number of fused-ring (bicyclic) bond motifs is 1. The topological polar surface area (TPSA) is 157 Å². The van der Waals surface area contributed by atoms with Crippen LogP contribution in [0.15, 0.2) is 46.8 Å². The van der Waals surface area contributed by atoms with Gasteiger partial charge in [-0.25, -0.2) is 9.48 Å². The zero-order valence-electron chi connectivity index (χ0n) is 17.2. The SMILES string of the molecule is Cn1nnnc1SCC1=C(C(=O)O)N2C(=O)[C@H](NC(=O)[C@H](OC=O)c3ccccc3)[C@H]2SC1. The Bertz CT molecular complexity index is 1120. The van der Waals surface area contributed by atoms with Gasteiger partial charge in [0.15, 0.2) is 0 Å². The minimum Gasteiger partial charge on any atom is -0.477 e. The number of nitrogens with zero attached hydrogens (tertiary/aromatic N) is 5. The van der Waals surface area contributed by atoms with Gasteiger partial charge in [0, 0.05) is 24.1 Å². The highest BCUT2D eigenvalue weighted by Gasteiger charge is 2.54. The van der Waals surface area contributed by atoms with E-state index in [2.05, 4.69) is 20.8 Å². The fourth-order valence-electron chi connectivity index (χ4n) is 3.49. The van der Waals surface area contributed by atoms with Gasteiger partial charge in [-0.2, -0.15) is 0 Å². The van der Waals surface area contributed by atoms with Crippen LogP contribution in [0.25, 0.3) is 0 Å². The van der Waals surface area contributed by atoms with E-state index in [4.69, 9.17) is 4.74 Å². The zero-order valence-corrected chi connectivity index (χ0v) is 18.8. The Morgan fingerprint density at radius 2 is 2.15 bits per heavy atom. The average molecular weight is 491 g/mol. The number of amides is 2. The summed E-state index contributed by atoms with van der Waals surface area (Å²) in [6.45, 7) is 0.170. The molecule has 0 unspecified atom stereocenters. The van der Waals surface area contributed by atoms with Gasteiger partial charge in [-0.3, -0.25) is 19.3 Å². The van der Waals surface area contributed by atoms with Crippen molar-refractivity contribution >= 4 is 47.8 Å². The van der Waals surface area contributed by atoms with Gasteiger partial charge < -0.3 is 15.2 Å². The number of carbonyl (C=O) groups excluding carboxylic acids is 3. The first-order valence-electron chi connectivity index (χ1n) is 9.62. The Balaban J connectivity index is 1.48. The van der Waals surface area contributed by atoms with Gasteiger partial charge >= 0.3 is 5.97 Å². The van der Waals surface area contributed by atoms with E-state index < -0.39 is 35.3 Å². The Morgan fingerprint density at radius 1 is 1.39 bits per heavy atom. The number of hydrogen-bond donors (Lipinski definition) is 2. The van der Waals surface area contributed by atoms with E-state index in [9.17, 15) is 24.3 Å². The molecule has 1 saturated heterocycles. The molecule has 33 heavy (non-hydrogen) atoms. The highest BCUT2D eigenvalue weighted by molar-refractivity contribution is 8.01. The largest absolute Gasteiger partial charge is 0.477 e. The van der Waals surface area contributed by atoms with Crippen LogP contribution in [0.3, 0.4) is 0 Å². The summed E-state index contributed by atoms with van der Waals surface area (Å²) < 4.78 is 6.40. The molecule has 0 spiro atoms. The summed E-state index contributed by atoms with van der Waals surface area (Å²) in [6.07, 6.45) is -1.22. The third-order valence-electron chi connectivity index (χ3n) is 5.04. The predicted molar refractivity (Wildman–Crippen MR) is 116 cm³/mol. The van der Waals surface area contributed by atoms with Crippen LogP contribution < -0.4 is 5.32 Å². The minimum absolute atomic E-state index is 0.0966. The van der Waals surface area contributed by atoms with Crippen LogP contribution in [0.5, 0.6) is 0 Å². The number of tetrazole rings is 1. The number of benzene rings is 1. The first-order valence-corrected chi connectivity index (χ1v) is 11.7. The fraction of sp³-hybridized carbons (Fsp3) is 0.316. The molecule has 2 N–H and O–H groups in total. The van der Waals surface area contributed by atoms with Crippen molar-refractivity contribution in [3.8, 4) is 0 Å². The maximum atomic E-state index is 12.8. The lowest BCUT2D eigenvalue weighted by Gasteiger charge is -2.49. The quantitative estimate of drug-likeness (QED) is 0.276. The molecule has 1 aromatic heterocycles. The molecule has 3 atom stereocenters. The molecule has 2 aliphatic heterocycles. The molecule has 1 aromatic carbocycles. The van der Waals surface area contributed by atoms with E-state index in [0.29, 0.717) is 27.8 Å². The van der Waals surface area contributed by atoms with Crippen molar-refractivity contribution in [1.82, 2.24) is 30.4 Å². The van der Waals surface area contributed by atoms with Crippen molar-refractivity contribution < 1.29 is 29.0 Å². The van der Waals surface area contributed by atoms with Gasteiger partial charge in [-0.05, 0) is 16.0 Å². The molecule has 0 aliphatic carbocycles. The lowest BCUT2D eigenvalue weighted by Crippen LogP contribution is -2.71. The van der Waals surface area contributed by atoms with E-state index in [1.54, 1.807) is 37.4 Å². The Kier molecular flexibility index (Phi) is 6.65. The minimum atomic E-state index is -1.23. The molecule has 0 saturated carbocycles. The maximum absolute atomic E-state index is 12.8. The first kappa shape index (κ1) is 22.8. The van der Waals surface area contributed by atoms with Crippen molar-refractivity contribution in [1.29, 1.82) is 0 Å². The second-order valence-electron chi connectivity index (χ2n) is 7.05. The number of aliphatic carboxylic acids is 1. The highest BCUT2D eigenvalue weighted by Crippen LogP contribution is 2.41. The Hall–Kier alpha value is -3.39. The van der Waals surface area contributed by atoms with Crippen molar-refractivity contribution in [2.45, 2.75) is 22.7 Å². The molecule has 4 rings (SSSR count). The number of thioether (sulfide) groups is 2. The van der Waals surface area contributed by atoms with Gasteiger partial charge in [-0.15, -0.1) is 16.9 Å². The van der Waals surface area contributed by atoms with Crippen molar-refractivity contribution in [3.05, 3.63) is 47.2 Å². The molecule has 12 nitrogen and oxygen atoms in total. The zero-order chi connectivity index (χ0) is 23.5. The number of rotatable bonds is 9. The number of ether oxygens (including phenoxy) is 1. The van der Waals surface area contributed by atoms with Crippen LogP contribution in [0.2, 0.25) is 0 Å². The van der Waals surface area contributed by atoms with Gasteiger partial charge in [0.1, 0.15) is 17.1 Å². The molecule has 2 aliphatic rings. The molecular formula is C19H18N6O6S2. The number of carboxylic acids is 1. The molecule has 3 heterocycles. The van der Waals surface area contributed by atoms with Crippen LogP contribution in [-0.2, 0) is 31.0 Å². The van der Waals surface area contributed by atoms with Crippen LogP contribution in [-0.4, -0.2) is 77.4 Å². The third-order valence-corrected chi connectivity index (χ3v) is 7.47. The van der Waals surface area contributed by atoms with E-state index in [0.717, 1.165) is 0 Å². The summed E-state index contributed by atoms with van der Waals surface area (Å²) in [5.74, 6) is -1.79. The molecule has 172 valence electrons. The lowest BCUT2D eigenvalue weighted by molar-refractivity contribution is -0.154. The Morgan fingerprint density at radius 3 is 2.79 bits per heavy atom. The number of nitrogens with one attached hydrogen (secondary N) is 1. The van der Waals surface area contributed by atoms with Crippen LogP contribution in [0.4, 0.5) is 0 Å².